The number of alkyl halides is 3. The van der Waals surface area contributed by atoms with Gasteiger partial charge in [0.15, 0.2) is 11.7 Å². The number of nitrogens with zero attached hydrogens (tertiary/aromatic N) is 2. The Morgan fingerprint density at radius 3 is 2.55 bits per heavy atom. The third kappa shape index (κ3) is 7.11. The van der Waals surface area contributed by atoms with E-state index < -0.39 is 11.9 Å². The van der Waals surface area contributed by atoms with Crippen LogP contribution < -0.4 is 10.6 Å². The van der Waals surface area contributed by atoms with Crippen LogP contribution in [0.25, 0.3) is 0 Å². The van der Waals surface area contributed by atoms with Crippen molar-refractivity contribution in [3.8, 4) is 0 Å². The van der Waals surface area contributed by atoms with Crippen molar-refractivity contribution in [3.05, 3.63) is 16.1 Å². The molecule has 0 unspecified atom stereocenters. The van der Waals surface area contributed by atoms with E-state index in [2.05, 4.69) is 27.5 Å². The Morgan fingerprint density at radius 2 is 1.95 bits per heavy atom. The van der Waals surface area contributed by atoms with E-state index in [9.17, 15) is 13.2 Å². The molecule has 1 heterocycles. The Bertz CT molecular complexity index is 457. The summed E-state index contributed by atoms with van der Waals surface area (Å²) in [5.74, 6) is 0.670. The molecule has 0 aliphatic rings. The third-order valence-electron chi connectivity index (χ3n) is 3.02. The predicted molar refractivity (Wildman–Crippen MR) is 84.3 cm³/mol. The summed E-state index contributed by atoms with van der Waals surface area (Å²) in [6.07, 6.45) is 0.755. The zero-order valence-electron chi connectivity index (χ0n) is 13.0. The Balaban J connectivity index is 2.25. The molecule has 0 spiro atoms. The maximum atomic E-state index is 12.4. The second-order valence-corrected chi connectivity index (χ2v) is 5.80. The Kier molecular flexibility index (Phi) is 8.22. The smallest absolute Gasteiger partial charge is 0.356 e. The number of rotatable bonds is 8. The molecule has 1 rings (SSSR count). The summed E-state index contributed by atoms with van der Waals surface area (Å²) >= 11 is 1.03. The minimum Gasteiger partial charge on any atom is -0.356 e. The van der Waals surface area contributed by atoms with E-state index in [1.54, 1.807) is 7.05 Å². The molecule has 0 amide bonds. The van der Waals surface area contributed by atoms with Crippen molar-refractivity contribution in [2.24, 2.45) is 4.99 Å². The Hall–Kier alpha value is -1.31. The quantitative estimate of drug-likeness (QED) is 0.434. The van der Waals surface area contributed by atoms with Gasteiger partial charge >= 0.3 is 6.18 Å². The molecular weight excluding hydrogens is 313 g/mol. The van der Waals surface area contributed by atoms with Gasteiger partial charge in [0.05, 0.1) is 5.01 Å². The van der Waals surface area contributed by atoms with Crippen molar-refractivity contribution < 1.29 is 13.2 Å². The van der Waals surface area contributed by atoms with Crippen molar-refractivity contribution in [2.75, 3.05) is 20.1 Å². The number of aromatic nitrogens is 1. The number of hydrogen-bond donors (Lipinski definition) is 2. The third-order valence-corrected chi connectivity index (χ3v) is 3.93. The minimum absolute atomic E-state index is 0.442. The average Bonchev–Trinajstić information content (AvgIpc) is 2.94. The topological polar surface area (TPSA) is 49.3 Å². The summed E-state index contributed by atoms with van der Waals surface area (Å²) in [5.41, 5.74) is -0.814. The summed E-state index contributed by atoms with van der Waals surface area (Å²) in [5, 5.41) is 7.79. The van der Waals surface area contributed by atoms with Gasteiger partial charge in [-0.05, 0) is 6.42 Å². The summed E-state index contributed by atoms with van der Waals surface area (Å²) < 4.78 is 37.3. The van der Waals surface area contributed by atoms with Gasteiger partial charge in [-0.15, -0.1) is 11.3 Å². The van der Waals surface area contributed by atoms with Crippen LogP contribution in [-0.4, -0.2) is 31.1 Å². The zero-order chi connectivity index (χ0) is 16.4. The van der Waals surface area contributed by atoms with Crippen molar-refractivity contribution in [1.82, 2.24) is 15.6 Å². The molecule has 22 heavy (non-hydrogen) atoms. The molecule has 0 saturated carbocycles. The number of thiazole rings is 1. The van der Waals surface area contributed by atoms with E-state index in [-0.39, 0.29) is 0 Å². The number of unbranched alkanes of at least 4 members (excludes halogenated alkanes) is 3. The van der Waals surface area contributed by atoms with E-state index in [0.717, 1.165) is 29.7 Å². The average molecular weight is 336 g/mol. The minimum atomic E-state index is -4.36. The van der Waals surface area contributed by atoms with Crippen molar-refractivity contribution in [2.45, 2.75) is 45.2 Å². The molecule has 4 nitrogen and oxygen atoms in total. The van der Waals surface area contributed by atoms with Gasteiger partial charge in [0.25, 0.3) is 0 Å². The van der Waals surface area contributed by atoms with Gasteiger partial charge in [-0.25, -0.2) is 4.98 Å². The van der Waals surface area contributed by atoms with Crippen LogP contribution in [-0.2, 0) is 12.6 Å². The molecule has 0 bridgehead atoms. The molecule has 8 heteroatoms. The fourth-order valence-corrected chi connectivity index (χ4v) is 2.63. The fourth-order valence-electron chi connectivity index (χ4n) is 1.82. The van der Waals surface area contributed by atoms with Gasteiger partial charge in [0.2, 0.25) is 0 Å². The number of guanidine groups is 1. The molecule has 0 aliphatic heterocycles. The van der Waals surface area contributed by atoms with Crippen LogP contribution in [0.1, 0.15) is 43.3 Å². The lowest BCUT2D eigenvalue weighted by atomic mass is 10.2. The molecular formula is C14H23F3N4S. The van der Waals surface area contributed by atoms with Crippen LogP contribution in [0.2, 0.25) is 0 Å². The first-order chi connectivity index (χ1) is 10.5. The summed E-state index contributed by atoms with van der Waals surface area (Å²) in [7, 11) is 1.67. The highest BCUT2D eigenvalue weighted by molar-refractivity contribution is 7.09. The molecule has 1 aromatic rings. The second kappa shape index (κ2) is 9.66. The molecule has 0 saturated heterocycles. The normalized spacial score (nSPS) is 12.5. The van der Waals surface area contributed by atoms with Gasteiger partial charge in [-0.1, -0.05) is 26.2 Å². The van der Waals surface area contributed by atoms with Crippen LogP contribution in [0.4, 0.5) is 13.2 Å². The van der Waals surface area contributed by atoms with Gasteiger partial charge in [0.1, 0.15) is 0 Å². The van der Waals surface area contributed by atoms with Gasteiger partial charge < -0.3 is 10.6 Å². The van der Waals surface area contributed by atoms with E-state index in [0.29, 0.717) is 23.9 Å². The lowest BCUT2D eigenvalue weighted by molar-refractivity contribution is -0.140. The number of hydrogen-bond acceptors (Lipinski definition) is 3. The van der Waals surface area contributed by atoms with Crippen LogP contribution >= 0.6 is 11.3 Å². The largest absolute Gasteiger partial charge is 0.434 e. The van der Waals surface area contributed by atoms with Gasteiger partial charge in [-0.2, -0.15) is 13.2 Å². The first-order valence-electron chi connectivity index (χ1n) is 7.43. The molecule has 126 valence electrons. The van der Waals surface area contributed by atoms with Crippen LogP contribution in [0.5, 0.6) is 0 Å². The van der Waals surface area contributed by atoms with E-state index >= 15 is 0 Å². The second-order valence-electron chi connectivity index (χ2n) is 4.86. The van der Waals surface area contributed by atoms with E-state index in [4.69, 9.17) is 0 Å². The molecule has 0 fully saturated rings. The van der Waals surface area contributed by atoms with Crippen LogP contribution in [0.15, 0.2) is 10.4 Å². The Labute approximate surface area is 133 Å². The monoisotopic (exact) mass is 336 g/mol. The lowest BCUT2D eigenvalue weighted by Crippen LogP contribution is -2.38. The maximum Gasteiger partial charge on any atom is 0.434 e. The highest BCUT2D eigenvalue weighted by Gasteiger charge is 2.33. The molecule has 1 aromatic heterocycles. The van der Waals surface area contributed by atoms with Crippen LogP contribution in [0, 0.1) is 0 Å². The number of halogens is 3. The lowest BCUT2D eigenvalue weighted by Gasteiger charge is -2.11. The van der Waals surface area contributed by atoms with Gasteiger partial charge in [-0.3, -0.25) is 4.99 Å². The standard InChI is InChI=1S/C14H23F3N4S/c1-3-4-5-6-8-19-13(18-2)20-9-7-12-21-11(10-22-12)14(15,16)17/h10H,3-9H2,1-2H3,(H2,18,19,20). The first kappa shape index (κ1) is 18.7. The number of aliphatic imine (C=N–C) groups is 1. The first-order valence-corrected chi connectivity index (χ1v) is 8.31. The Morgan fingerprint density at radius 1 is 1.23 bits per heavy atom. The number of nitrogens with one attached hydrogen (secondary N) is 2. The van der Waals surface area contributed by atoms with E-state index in [1.807, 2.05) is 0 Å². The zero-order valence-corrected chi connectivity index (χ0v) is 13.8. The molecule has 2 N–H and O–H groups in total. The van der Waals surface area contributed by atoms with Crippen LogP contribution in [0.3, 0.4) is 0 Å². The maximum absolute atomic E-state index is 12.4. The van der Waals surface area contributed by atoms with Crippen molar-refractivity contribution in [1.29, 1.82) is 0 Å². The van der Waals surface area contributed by atoms with Crippen molar-refractivity contribution in [3.63, 3.8) is 0 Å². The summed E-state index contributed by atoms with van der Waals surface area (Å²) in [6, 6.07) is 0. The molecule has 0 atom stereocenters. The molecule has 0 radical (unpaired) electrons. The van der Waals surface area contributed by atoms with Crippen molar-refractivity contribution >= 4 is 17.3 Å². The highest BCUT2D eigenvalue weighted by Crippen LogP contribution is 2.29. The fraction of sp³-hybridized carbons (Fsp3) is 0.714. The predicted octanol–water partition coefficient (Wildman–Crippen LogP) is 3.45. The summed E-state index contributed by atoms with van der Waals surface area (Å²) in [4.78, 5) is 7.67. The summed E-state index contributed by atoms with van der Waals surface area (Å²) in [6.45, 7) is 3.51. The SMILES string of the molecule is CCCCCCNC(=NC)NCCc1nc(C(F)(F)F)cs1. The molecule has 0 aliphatic carbocycles. The van der Waals surface area contributed by atoms with E-state index in [1.165, 1.54) is 19.3 Å². The van der Waals surface area contributed by atoms with Gasteiger partial charge in [0, 0.05) is 31.9 Å². The molecule has 0 aromatic carbocycles. The highest BCUT2D eigenvalue weighted by atomic mass is 32.1.